The van der Waals surface area contributed by atoms with Crippen molar-refractivity contribution in [3.63, 3.8) is 0 Å². The molecule has 0 aliphatic carbocycles. The van der Waals surface area contributed by atoms with Gasteiger partial charge < -0.3 is 4.90 Å². The Kier molecular flexibility index (Phi) is 3.76. The van der Waals surface area contributed by atoms with Gasteiger partial charge in [-0.2, -0.15) is 0 Å². The van der Waals surface area contributed by atoms with Crippen LogP contribution in [0.3, 0.4) is 0 Å². The Labute approximate surface area is 128 Å². The van der Waals surface area contributed by atoms with E-state index in [0.717, 1.165) is 11.1 Å². The topological polar surface area (TPSA) is 33.2 Å². The summed E-state index contributed by atoms with van der Waals surface area (Å²) in [6, 6.07) is 9.83. The van der Waals surface area contributed by atoms with Crippen molar-refractivity contribution in [3.05, 3.63) is 77.1 Å². The highest BCUT2D eigenvalue weighted by atomic mass is 35.5. The van der Waals surface area contributed by atoms with Crippen LogP contribution in [0.4, 0.5) is 0 Å². The van der Waals surface area contributed by atoms with E-state index in [-0.39, 0.29) is 11.8 Å². The number of hydrogen-bond acceptors (Lipinski definition) is 2. The van der Waals surface area contributed by atoms with Crippen LogP contribution in [-0.4, -0.2) is 22.3 Å². The van der Waals surface area contributed by atoms with E-state index in [1.165, 1.54) is 11.6 Å². The van der Waals surface area contributed by atoms with Crippen LogP contribution in [-0.2, 0) is 11.3 Å². The first kappa shape index (κ1) is 13.8. The lowest BCUT2D eigenvalue weighted by atomic mass is 9.85. The van der Waals surface area contributed by atoms with E-state index >= 15 is 0 Å². The molecule has 0 unspecified atom stereocenters. The number of hydrogen-bond donors (Lipinski definition) is 0. The molecule has 0 fully saturated rings. The van der Waals surface area contributed by atoms with Crippen molar-refractivity contribution in [1.82, 2.24) is 9.88 Å². The maximum Gasteiger partial charge on any atom is 0.246 e. The second-order valence-electron chi connectivity index (χ2n) is 5.10. The Balaban J connectivity index is 2.07. The summed E-state index contributed by atoms with van der Waals surface area (Å²) in [5, 5.41) is 0.687. The largest absolute Gasteiger partial charge is 0.334 e. The summed E-state index contributed by atoms with van der Waals surface area (Å²) in [5.41, 5.74) is 3.39. The van der Waals surface area contributed by atoms with Gasteiger partial charge in [-0.25, -0.2) is 0 Å². The molecule has 1 aliphatic rings. The molecule has 2 aromatic rings. The molecule has 4 heteroatoms. The van der Waals surface area contributed by atoms with E-state index in [2.05, 4.69) is 11.6 Å². The highest BCUT2D eigenvalue weighted by molar-refractivity contribution is 6.30. The van der Waals surface area contributed by atoms with E-state index in [1.54, 1.807) is 11.1 Å². The predicted molar refractivity (Wildman–Crippen MR) is 83.1 cm³/mol. The minimum Gasteiger partial charge on any atom is -0.334 e. The highest BCUT2D eigenvalue weighted by Crippen LogP contribution is 2.34. The molecule has 0 radical (unpaired) electrons. The zero-order valence-electron chi connectivity index (χ0n) is 11.5. The Hall–Kier alpha value is -2.13. The van der Waals surface area contributed by atoms with Crippen molar-refractivity contribution in [2.75, 3.05) is 6.54 Å². The number of rotatable bonds is 2. The molecule has 0 saturated carbocycles. The van der Waals surface area contributed by atoms with Crippen LogP contribution in [0.2, 0.25) is 5.02 Å². The van der Waals surface area contributed by atoms with Crippen LogP contribution in [0.25, 0.3) is 0 Å². The lowest BCUT2D eigenvalue weighted by Crippen LogP contribution is -2.37. The summed E-state index contributed by atoms with van der Waals surface area (Å²) in [4.78, 5) is 18.0. The first-order valence-electron chi connectivity index (χ1n) is 6.78. The number of aromatic nitrogens is 1. The predicted octanol–water partition coefficient (Wildman–Crippen LogP) is 3.40. The van der Waals surface area contributed by atoms with E-state index < -0.39 is 0 Å². The smallest absolute Gasteiger partial charge is 0.246 e. The maximum absolute atomic E-state index is 12.0. The van der Waals surface area contributed by atoms with E-state index in [4.69, 9.17) is 11.6 Å². The number of pyridine rings is 1. The Morgan fingerprint density at radius 1 is 1.43 bits per heavy atom. The van der Waals surface area contributed by atoms with Gasteiger partial charge >= 0.3 is 0 Å². The van der Waals surface area contributed by atoms with Crippen LogP contribution in [0.1, 0.15) is 22.6 Å². The summed E-state index contributed by atoms with van der Waals surface area (Å²) in [5.74, 6) is 0.0538. The monoisotopic (exact) mass is 298 g/mol. The van der Waals surface area contributed by atoms with E-state index in [9.17, 15) is 4.79 Å². The van der Waals surface area contributed by atoms with Gasteiger partial charge in [0.05, 0.1) is 0 Å². The third kappa shape index (κ3) is 2.69. The SMILES string of the molecule is C=CC(=O)N1Cc2cc(Cl)ccc2[C@@H](c2cccnc2)C1. The molecule has 0 spiro atoms. The maximum atomic E-state index is 12.0. The minimum atomic E-state index is -0.0606. The van der Waals surface area contributed by atoms with Gasteiger partial charge in [0.2, 0.25) is 5.91 Å². The molecule has 3 nitrogen and oxygen atoms in total. The quantitative estimate of drug-likeness (QED) is 0.796. The molecule has 1 aliphatic heterocycles. The highest BCUT2D eigenvalue weighted by Gasteiger charge is 2.28. The number of benzene rings is 1. The van der Waals surface area contributed by atoms with Gasteiger partial charge in [0.15, 0.2) is 0 Å². The van der Waals surface area contributed by atoms with Gasteiger partial charge in [0, 0.05) is 36.4 Å². The lowest BCUT2D eigenvalue weighted by molar-refractivity contribution is -0.127. The first-order valence-corrected chi connectivity index (χ1v) is 7.16. The van der Waals surface area contributed by atoms with Crippen LogP contribution >= 0.6 is 11.6 Å². The fourth-order valence-corrected chi connectivity index (χ4v) is 3.00. The Morgan fingerprint density at radius 2 is 2.29 bits per heavy atom. The fourth-order valence-electron chi connectivity index (χ4n) is 2.80. The molecule has 106 valence electrons. The molecular formula is C17H15ClN2O. The molecule has 0 N–H and O–H groups in total. The van der Waals surface area contributed by atoms with Gasteiger partial charge in [-0.1, -0.05) is 30.3 Å². The molecule has 1 amide bonds. The van der Waals surface area contributed by atoms with Crippen molar-refractivity contribution in [1.29, 1.82) is 0 Å². The third-order valence-corrected chi connectivity index (χ3v) is 4.05. The molecule has 1 aromatic heterocycles. The fraction of sp³-hybridized carbons (Fsp3) is 0.176. The number of nitrogens with zero attached hydrogens (tertiary/aromatic N) is 2. The van der Waals surface area contributed by atoms with Gasteiger partial charge in [0.25, 0.3) is 0 Å². The molecule has 3 rings (SSSR count). The van der Waals surface area contributed by atoms with Gasteiger partial charge in [-0.05, 0) is 41.0 Å². The van der Waals surface area contributed by atoms with Crippen molar-refractivity contribution >= 4 is 17.5 Å². The Morgan fingerprint density at radius 3 is 3.00 bits per heavy atom. The van der Waals surface area contributed by atoms with Crippen LogP contribution < -0.4 is 0 Å². The van der Waals surface area contributed by atoms with Crippen molar-refractivity contribution in [2.45, 2.75) is 12.5 Å². The molecule has 2 heterocycles. The van der Waals surface area contributed by atoms with Crippen molar-refractivity contribution < 1.29 is 4.79 Å². The first-order chi connectivity index (χ1) is 10.2. The summed E-state index contributed by atoms with van der Waals surface area (Å²) in [6.07, 6.45) is 4.96. The number of carbonyl (C=O) groups excluding carboxylic acids is 1. The lowest BCUT2D eigenvalue weighted by Gasteiger charge is -2.34. The summed E-state index contributed by atoms with van der Waals surface area (Å²) in [7, 11) is 0. The zero-order valence-corrected chi connectivity index (χ0v) is 12.3. The van der Waals surface area contributed by atoms with Gasteiger partial charge in [-0.3, -0.25) is 9.78 Å². The second-order valence-corrected chi connectivity index (χ2v) is 5.54. The summed E-state index contributed by atoms with van der Waals surface area (Å²) in [6.45, 7) is 4.77. The average Bonchev–Trinajstić information content (AvgIpc) is 2.53. The molecule has 0 saturated heterocycles. The standard InChI is InChI=1S/C17H15ClN2O/c1-2-17(21)20-10-13-8-14(18)5-6-15(13)16(11-20)12-4-3-7-19-9-12/h2-9,16H,1,10-11H2/t16-/m1/s1. The molecule has 1 atom stereocenters. The van der Waals surface area contributed by atoms with E-state index in [1.807, 2.05) is 36.5 Å². The number of fused-ring (bicyclic) bond motifs is 1. The molecule has 1 aromatic carbocycles. The summed E-state index contributed by atoms with van der Waals surface area (Å²) < 4.78 is 0. The van der Waals surface area contributed by atoms with Crippen molar-refractivity contribution in [3.8, 4) is 0 Å². The van der Waals surface area contributed by atoms with Crippen molar-refractivity contribution in [2.24, 2.45) is 0 Å². The van der Waals surface area contributed by atoms with Gasteiger partial charge in [0.1, 0.15) is 0 Å². The molecule has 0 bridgehead atoms. The number of halogens is 1. The Bertz CT molecular complexity index is 684. The normalized spacial score (nSPS) is 17.2. The number of amides is 1. The number of carbonyl (C=O) groups is 1. The molecule has 21 heavy (non-hydrogen) atoms. The van der Waals surface area contributed by atoms with E-state index in [0.29, 0.717) is 18.1 Å². The van der Waals surface area contributed by atoms with Crippen LogP contribution in [0.5, 0.6) is 0 Å². The third-order valence-electron chi connectivity index (χ3n) is 3.82. The zero-order chi connectivity index (χ0) is 14.8. The summed E-state index contributed by atoms with van der Waals surface area (Å²) >= 11 is 6.10. The molecular weight excluding hydrogens is 284 g/mol. The van der Waals surface area contributed by atoms with Gasteiger partial charge in [-0.15, -0.1) is 0 Å². The van der Waals surface area contributed by atoms with Crippen LogP contribution in [0.15, 0.2) is 55.4 Å². The minimum absolute atomic E-state index is 0.0606. The average molecular weight is 299 g/mol. The second kappa shape index (κ2) is 5.70. The van der Waals surface area contributed by atoms with Crippen LogP contribution in [0, 0.1) is 0 Å².